The number of aliphatic imine (C=N–C) groups is 1. The molecule has 0 bridgehead atoms. The molecular formula is C21H27F2N7OS. The number of piperazine rings is 1. The molecule has 0 spiro atoms. The van der Waals surface area contributed by atoms with E-state index in [2.05, 4.69) is 37.8 Å². The van der Waals surface area contributed by atoms with Crippen LogP contribution in [0.4, 0.5) is 13.8 Å². The minimum atomic E-state index is -0.772. The van der Waals surface area contributed by atoms with Crippen LogP contribution in [0.5, 0.6) is 0 Å². The molecule has 0 unspecified atom stereocenters. The Hall–Kier alpha value is -3.05. The summed E-state index contributed by atoms with van der Waals surface area (Å²) in [5, 5.41) is 9.40. The molecule has 0 saturated carbocycles. The molecule has 1 saturated heterocycles. The van der Waals surface area contributed by atoms with Gasteiger partial charge in [0.2, 0.25) is 0 Å². The lowest BCUT2D eigenvalue weighted by Gasteiger charge is -2.39. The summed E-state index contributed by atoms with van der Waals surface area (Å²) in [5.74, 6) is -1.42. The molecule has 1 aliphatic heterocycles. The standard InChI is InChI=1S/C21H27F2N7OS/c1-4-12-10-27-8-9-30(12)19(26-3)15(11-25-2)28-20(31)17-18(24)32-21(29-17)16-13(22)6-5-7-14(16)23/h5-7,11-12,26-27H,4,8-10,24H2,1-3H3,(H,28,31)/b19-15-,25-11-/t12-/m0/s1. The van der Waals surface area contributed by atoms with Crippen molar-refractivity contribution in [1.29, 1.82) is 0 Å². The Morgan fingerprint density at radius 3 is 2.78 bits per heavy atom. The Kier molecular flexibility index (Phi) is 7.75. The summed E-state index contributed by atoms with van der Waals surface area (Å²) in [4.78, 5) is 23.4. The molecule has 32 heavy (non-hydrogen) atoms. The van der Waals surface area contributed by atoms with Crippen LogP contribution < -0.4 is 21.7 Å². The van der Waals surface area contributed by atoms with Crippen molar-refractivity contribution < 1.29 is 13.6 Å². The Morgan fingerprint density at radius 2 is 2.16 bits per heavy atom. The number of rotatable bonds is 7. The first-order valence-corrected chi connectivity index (χ1v) is 11.1. The summed E-state index contributed by atoms with van der Waals surface area (Å²) in [6.45, 7) is 4.48. The minimum absolute atomic E-state index is 0.0000647. The van der Waals surface area contributed by atoms with Crippen LogP contribution in [0.25, 0.3) is 10.6 Å². The number of anilines is 1. The van der Waals surface area contributed by atoms with E-state index in [4.69, 9.17) is 5.73 Å². The summed E-state index contributed by atoms with van der Waals surface area (Å²) in [5.41, 5.74) is 6.03. The van der Waals surface area contributed by atoms with E-state index in [1.165, 1.54) is 6.07 Å². The molecule has 1 aromatic carbocycles. The summed E-state index contributed by atoms with van der Waals surface area (Å²) < 4.78 is 28.3. The molecule has 172 valence electrons. The highest BCUT2D eigenvalue weighted by molar-refractivity contribution is 7.19. The van der Waals surface area contributed by atoms with Gasteiger partial charge in [-0.05, 0) is 18.6 Å². The van der Waals surface area contributed by atoms with Crippen LogP contribution in [0.3, 0.4) is 0 Å². The van der Waals surface area contributed by atoms with Crippen molar-refractivity contribution in [1.82, 2.24) is 25.8 Å². The lowest BCUT2D eigenvalue weighted by Crippen LogP contribution is -2.53. The highest BCUT2D eigenvalue weighted by atomic mass is 32.1. The van der Waals surface area contributed by atoms with Gasteiger partial charge in [0.1, 0.15) is 27.5 Å². The number of allylic oxidation sites excluding steroid dienone is 1. The predicted molar refractivity (Wildman–Crippen MR) is 124 cm³/mol. The van der Waals surface area contributed by atoms with E-state index in [0.717, 1.165) is 49.5 Å². The molecule has 3 rings (SSSR count). The third kappa shape index (κ3) is 4.89. The molecule has 1 aromatic heterocycles. The maximum absolute atomic E-state index is 14.2. The molecule has 0 aliphatic carbocycles. The van der Waals surface area contributed by atoms with Crippen molar-refractivity contribution in [2.45, 2.75) is 19.4 Å². The normalized spacial score (nSPS) is 17.4. The highest BCUT2D eigenvalue weighted by Crippen LogP contribution is 2.33. The summed E-state index contributed by atoms with van der Waals surface area (Å²) in [6.07, 6.45) is 2.46. The highest BCUT2D eigenvalue weighted by Gasteiger charge is 2.26. The van der Waals surface area contributed by atoms with E-state index in [-0.39, 0.29) is 27.3 Å². The number of carbonyl (C=O) groups is 1. The van der Waals surface area contributed by atoms with Crippen LogP contribution in [0, 0.1) is 11.6 Å². The zero-order chi connectivity index (χ0) is 23.3. The first-order valence-electron chi connectivity index (χ1n) is 10.2. The van der Waals surface area contributed by atoms with Gasteiger partial charge in [0, 0.05) is 46.0 Å². The van der Waals surface area contributed by atoms with Gasteiger partial charge in [0.25, 0.3) is 5.91 Å². The third-order valence-corrected chi connectivity index (χ3v) is 6.05. The molecule has 2 heterocycles. The Balaban J connectivity index is 1.94. The molecule has 1 aliphatic rings. The van der Waals surface area contributed by atoms with E-state index < -0.39 is 17.5 Å². The van der Waals surface area contributed by atoms with Gasteiger partial charge in [-0.3, -0.25) is 9.79 Å². The number of nitrogens with zero attached hydrogens (tertiary/aromatic N) is 3. The Bertz CT molecular complexity index is 1020. The van der Waals surface area contributed by atoms with E-state index >= 15 is 0 Å². The second-order valence-electron chi connectivity index (χ2n) is 7.14. The van der Waals surface area contributed by atoms with Gasteiger partial charge in [-0.15, -0.1) is 0 Å². The fourth-order valence-corrected chi connectivity index (χ4v) is 4.50. The van der Waals surface area contributed by atoms with Gasteiger partial charge < -0.3 is 26.6 Å². The van der Waals surface area contributed by atoms with Gasteiger partial charge in [-0.1, -0.05) is 24.3 Å². The smallest absolute Gasteiger partial charge is 0.277 e. The van der Waals surface area contributed by atoms with E-state index in [0.29, 0.717) is 11.5 Å². The second kappa shape index (κ2) is 10.5. The van der Waals surface area contributed by atoms with Crippen LogP contribution in [0.2, 0.25) is 0 Å². The van der Waals surface area contributed by atoms with Crippen molar-refractivity contribution in [3.8, 4) is 10.6 Å². The zero-order valence-corrected chi connectivity index (χ0v) is 19.0. The molecule has 1 amide bonds. The zero-order valence-electron chi connectivity index (χ0n) is 18.2. The van der Waals surface area contributed by atoms with E-state index in [9.17, 15) is 13.6 Å². The first kappa shape index (κ1) is 23.6. The topological polar surface area (TPSA) is 108 Å². The number of aromatic nitrogens is 1. The SMILES string of the molecule is CC[C@H]1CNCCN1/C(NC)=C(/C=N\C)NC(=O)c1nc(-c2c(F)cccc2F)sc1N. The molecule has 8 nitrogen and oxygen atoms in total. The molecule has 5 N–H and O–H groups in total. The van der Waals surface area contributed by atoms with Crippen molar-refractivity contribution in [2.75, 3.05) is 39.5 Å². The number of carbonyl (C=O) groups excluding carboxylic acids is 1. The maximum atomic E-state index is 14.2. The number of benzene rings is 1. The second-order valence-corrected chi connectivity index (χ2v) is 8.17. The minimum Gasteiger partial charge on any atom is -0.389 e. The molecular weight excluding hydrogens is 436 g/mol. The average Bonchev–Trinajstić information content (AvgIpc) is 3.15. The molecule has 11 heteroatoms. The van der Waals surface area contributed by atoms with Crippen LogP contribution in [0.1, 0.15) is 23.8 Å². The van der Waals surface area contributed by atoms with E-state index in [1.807, 2.05) is 0 Å². The summed E-state index contributed by atoms with van der Waals surface area (Å²) >= 11 is 0.853. The number of halogens is 2. The van der Waals surface area contributed by atoms with Crippen molar-refractivity contribution >= 4 is 28.5 Å². The van der Waals surface area contributed by atoms with Crippen LogP contribution >= 0.6 is 11.3 Å². The molecule has 2 aromatic rings. The molecule has 1 atom stereocenters. The first-order chi connectivity index (χ1) is 15.4. The van der Waals surface area contributed by atoms with Crippen molar-refractivity contribution in [2.24, 2.45) is 4.99 Å². The van der Waals surface area contributed by atoms with Gasteiger partial charge in [0.15, 0.2) is 5.69 Å². The largest absolute Gasteiger partial charge is 0.389 e. The lowest BCUT2D eigenvalue weighted by atomic mass is 10.1. The number of hydrogen-bond donors (Lipinski definition) is 4. The fourth-order valence-electron chi connectivity index (χ4n) is 3.62. The number of thiazole rings is 1. The Morgan fingerprint density at radius 1 is 1.44 bits per heavy atom. The quantitative estimate of drug-likeness (QED) is 0.469. The maximum Gasteiger partial charge on any atom is 0.277 e. The number of hydrogen-bond acceptors (Lipinski definition) is 8. The average molecular weight is 464 g/mol. The van der Waals surface area contributed by atoms with Gasteiger partial charge in [-0.2, -0.15) is 0 Å². The lowest BCUT2D eigenvalue weighted by molar-refractivity contribution is 0.0961. The van der Waals surface area contributed by atoms with Gasteiger partial charge in [-0.25, -0.2) is 13.8 Å². The number of nitrogen functional groups attached to an aromatic ring is 1. The van der Waals surface area contributed by atoms with Gasteiger partial charge >= 0.3 is 0 Å². The Labute approximate surface area is 189 Å². The molecule has 0 radical (unpaired) electrons. The van der Waals surface area contributed by atoms with Crippen LogP contribution in [0.15, 0.2) is 34.7 Å². The summed E-state index contributed by atoms with van der Waals surface area (Å²) in [6, 6.07) is 3.76. The summed E-state index contributed by atoms with van der Waals surface area (Å²) in [7, 11) is 3.38. The van der Waals surface area contributed by atoms with Crippen LogP contribution in [-0.2, 0) is 0 Å². The third-order valence-electron chi connectivity index (χ3n) is 5.15. The number of nitrogens with one attached hydrogen (secondary N) is 3. The monoisotopic (exact) mass is 463 g/mol. The van der Waals surface area contributed by atoms with E-state index in [1.54, 1.807) is 20.3 Å². The van der Waals surface area contributed by atoms with Gasteiger partial charge in [0.05, 0.1) is 11.3 Å². The number of nitrogens with two attached hydrogens (primary N) is 1. The van der Waals surface area contributed by atoms with Crippen molar-refractivity contribution in [3.63, 3.8) is 0 Å². The fraction of sp³-hybridized carbons (Fsp3) is 0.381. The van der Waals surface area contributed by atoms with Crippen LogP contribution in [-0.4, -0.2) is 61.8 Å². The van der Waals surface area contributed by atoms with Crippen molar-refractivity contribution in [3.05, 3.63) is 47.0 Å². The predicted octanol–water partition coefficient (Wildman–Crippen LogP) is 2.17. The molecule has 1 fully saturated rings. The number of amides is 1.